The summed E-state index contributed by atoms with van der Waals surface area (Å²) in [7, 11) is -4.07. The number of nitrogens with zero attached hydrogens (tertiary/aromatic N) is 2. The lowest BCUT2D eigenvalue weighted by Gasteiger charge is -2.33. The Morgan fingerprint density at radius 1 is 0.850 bits per heavy atom. The van der Waals surface area contributed by atoms with Gasteiger partial charge >= 0.3 is 0 Å². The minimum atomic E-state index is -4.07. The molecule has 1 atom stereocenters. The van der Waals surface area contributed by atoms with E-state index in [1.54, 1.807) is 35.2 Å². The molecule has 0 aromatic heterocycles. The molecule has 3 rings (SSSR count). The molecular formula is C32H41N3O4S. The Labute approximate surface area is 239 Å². The average molecular weight is 564 g/mol. The molecule has 0 fully saturated rings. The van der Waals surface area contributed by atoms with Crippen molar-refractivity contribution < 1.29 is 18.0 Å². The molecule has 8 heteroatoms. The van der Waals surface area contributed by atoms with Crippen molar-refractivity contribution in [3.8, 4) is 0 Å². The highest BCUT2D eigenvalue weighted by molar-refractivity contribution is 7.92. The fraction of sp³-hybridized carbons (Fsp3) is 0.375. The number of benzene rings is 3. The van der Waals surface area contributed by atoms with Crippen molar-refractivity contribution in [1.82, 2.24) is 10.2 Å². The molecule has 3 aromatic rings. The molecule has 0 aliphatic rings. The normalized spacial score (nSPS) is 12.1. The Bertz CT molecular complexity index is 1340. The van der Waals surface area contributed by atoms with Crippen LogP contribution in [0.15, 0.2) is 89.8 Å². The van der Waals surface area contributed by atoms with E-state index in [0.717, 1.165) is 11.1 Å². The van der Waals surface area contributed by atoms with Gasteiger partial charge in [-0.15, -0.1) is 0 Å². The van der Waals surface area contributed by atoms with E-state index in [1.165, 1.54) is 16.4 Å². The molecule has 40 heavy (non-hydrogen) atoms. The van der Waals surface area contributed by atoms with E-state index in [0.29, 0.717) is 31.5 Å². The highest BCUT2D eigenvalue weighted by atomic mass is 32.2. The molecule has 0 aliphatic heterocycles. The van der Waals surface area contributed by atoms with Crippen LogP contribution < -0.4 is 9.62 Å². The van der Waals surface area contributed by atoms with Crippen molar-refractivity contribution in [2.75, 3.05) is 23.9 Å². The third-order valence-corrected chi connectivity index (χ3v) is 8.58. The van der Waals surface area contributed by atoms with Crippen molar-refractivity contribution in [2.45, 2.75) is 57.9 Å². The Balaban J connectivity index is 2.02. The minimum absolute atomic E-state index is 0.103. The van der Waals surface area contributed by atoms with Gasteiger partial charge in [0, 0.05) is 13.1 Å². The SMILES string of the molecule is CCc1ccccc1N(CC(=O)N(CCc1ccccc1)[C@@H](CC)C(=O)NCC(C)C)S(=O)(=O)c1ccccc1. The highest BCUT2D eigenvalue weighted by Gasteiger charge is 2.34. The van der Waals surface area contributed by atoms with E-state index in [9.17, 15) is 18.0 Å². The standard InChI is InChI=1S/C32H41N3O4S/c1-5-27-17-13-14-20-30(27)35(40(38,39)28-18-11-8-12-19-28)24-31(36)34(22-21-26-15-9-7-10-16-26)29(6-2)32(37)33-23-25(3)4/h7-20,25,29H,5-6,21-24H2,1-4H3,(H,33,37)/t29-/m0/s1. The van der Waals surface area contributed by atoms with E-state index in [2.05, 4.69) is 5.32 Å². The number of aryl methyl sites for hydroxylation is 1. The van der Waals surface area contributed by atoms with Crippen LogP contribution in [-0.2, 0) is 32.5 Å². The second-order valence-corrected chi connectivity index (χ2v) is 12.1. The number of rotatable bonds is 14. The van der Waals surface area contributed by atoms with Gasteiger partial charge in [0.25, 0.3) is 10.0 Å². The summed E-state index contributed by atoms with van der Waals surface area (Å²) in [6.45, 7) is 8.20. The predicted molar refractivity (Wildman–Crippen MR) is 161 cm³/mol. The fourth-order valence-electron chi connectivity index (χ4n) is 4.60. The molecule has 0 saturated carbocycles. The number of hydrogen-bond acceptors (Lipinski definition) is 4. The molecule has 0 unspecified atom stereocenters. The van der Waals surface area contributed by atoms with Crippen molar-refractivity contribution in [3.63, 3.8) is 0 Å². The summed E-state index contributed by atoms with van der Waals surface area (Å²) in [5.74, 6) is -0.399. The second-order valence-electron chi connectivity index (χ2n) is 10.2. The van der Waals surface area contributed by atoms with Crippen LogP contribution in [0, 0.1) is 5.92 Å². The number of nitrogens with one attached hydrogen (secondary N) is 1. The van der Waals surface area contributed by atoms with Crippen molar-refractivity contribution in [1.29, 1.82) is 0 Å². The lowest BCUT2D eigenvalue weighted by molar-refractivity contribution is -0.139. The third-order valence-electron chi connectivity index (χ3n) is 6.81. The van der Waals surface area contributed by atoms with E-state index in [4.69, 9.17) is 0 Å². The first-order valence-electron chi connectivity index (χ1n) is 14.0. The van der Waals surface area contributed by atoms with Gasteiger partial charge in [-0.3, -0.25) is 13.9 Å². The van der Waals surface area contributed by atoms with Gasteiger partial charge in [-0.1, -0.05) is 94.4 Å². The zero-order valence-electron chi connectivity index (χ0n) is 23.9. The number of carbonyl (C=O) groups excluding carboxylic acids is 2. The van der Waals surface area contributed by atoms with Crippen LogP contribution in [0.5, 0.6) is 0 Å². The molecule has 3 aromatic carbocycles. The van der Waals surface area contributed by atoms with E-state index >= 15 is 0 Å². The number of para-hydroxylation sites is 1. The predicted octanol–water partition coefficient (Wildman–Crippen LogP) is 5.07. The maximum atomic E-state index is 14.1. The second kappa shape index (κ2) is 14.7. The number of anilines is 1. The van der Waals surface area contributed by atoms with E-state index in [-0.39, 0.29) is 23.3 Å². The molecule has 0 spiro atoms. The van der Waals surface area contributed by atoms with Crippen LogP contribution in [-0.4, -0.2) is 50.8 Å². The molecule has 0 radical (unpaired) electrons. The topological polar surface area (TPSA) is 86.8 Å². The molecule has 2 amide bonds. The first-order chi connectivity index (χ1) is 19.2. The summed E-state index contributed by atoms with van der Waals surface area (Å²) in [5.41, 5.74) is 2.30. The monoisotopic (exact) mass is 563 g/mol. The van der Waals surface area contributed by atoms with Crippen molar-refractivity contribution >= 4 is 27.5 Å². The maximum absolute atomic E-state index is 14.1. The van der Waals surface area contributed by atoms with Gasteiger partial charge in [-0.25, -0.2) is 8.42 Å². The van der Waals surface area contributed by atoms with Gasteiger partial charge in [-0.2, -0.15) is 0 Å². The lowest BCUT2D eigenvalue weighted by atomic mass is 10.1. The minimum Gasteiger partial charge on any atom is -0.354 e. The molecule has 7 nitrogen and oxygen atoms in total. The van der Waals surface area contributed by atoms with Crippen LogP contribution in [0.1, 0.15) is 45.2 Å². The molecule has 214 valence electrons. The summed E-state index contributed by atoms with van der Waals surface area (Å²) in [4.78, 5) is 29.0. The number of sulfonamides is 1. The van der Waals surface area contributed by atoms with Crippen molar-refractivity contribution in [3.05, 3.63) is 96.1 Å². The molecule has 1 N–H and O–H groups in total. The number of amides is 2. The van der Waals surface area contributed by atoms with Gasteiger partial charge < -0.3 is 10.2 Å². The zero-order chi connectivity index (χ0) is 29.1. The van der Waals surface area contributed by atoms with E-state index < -0.39 is 28.5 Å². The van der Waals surface area contributed by atoms with Crippen LogP contribution in [0.25, 0.3) is 0 Å². The molecular weight excluding hydrogens is 522 g/mol. The largest absolute Gasteiger partial charge is 0.354 e. The Morgan fingerprint density at radius 3 is 2.05 bits per heavy atom. The molecule has 0 aliphatic carbocycles. The average Bonchev–Trinajstić information content (AvgIpc) is 2.97. The van der Waals surface area contributed by atoms with Gasteiger partial charge in [0.05, 0.1) is 10.6 Å². The van der Waals surface area contributed by atoms with Crippen LogP contribution >= 0.6 is 0 Å². The van der Waals surface area contributed by atoms with Gasteiger partial charge in [-0.05, 0) is 54.5 Å². The van der Waals surface area contributed by atoms with Crippen LogP contribution in [0.4, 0.5) is 5.69 Å². The molecule has 0 saturated heterocycles. The van der Waals surface area contributed by atoms with Gasteiger partial charge in [0.1, 0.15) is 12.6 Å². The molecule has 0 heterocycles. The number of carbonyl (C=O) groups is 2. The first-order valence-corrected chi connectivity index (χ1v) is 15.4. The van der Waals surface area contributed by atoms with Crippen LogP contribution in [0.3, 0.4) is 0 Å². The highest BCUT2D eigenvalue weighted by Crippen LogP contribution is 2.28. The number of hydrogen-bond donors (Lipinski definition) is 1. The summed E-state index contributed by atoms with van der Waals surface area (Å²) >= 11 is 0. The zero-order valence-corrected chi connectivity index (χ0v) is 24.7. The Morgan fingerprint density at radius 2 is 1.45 bits per heavy atom. The first kappa shape index (κ1) is 30.9. The van der Waals surface area contributed by atoms with Gasteiger partial charge in [0.2, 0.25) is 11.8 Å². The van der Waals surface area contributed by atoms with E-state index in [1.807, 2.05) is 70.2 Å². The summed E-state index contributed by atoms with van der Waals surface area (Å²) in [6, 6.07) is 24.4. The summed E-state index contributed by atoms with van der Waals surface area (Å²) < 4.78 is 29.1. The van der Waals surface area contributed by atoms with Crippen LogP contribution in [0.2, 0.25) is 0 Å². The summed E-state index contributed by atoms with van der Waals surface area (Å²) in [5, 5.41) is 2.96. The smallest absolute Gasteiger partial charge is 0.264 e. The fourth-order valence-corrected chi connectivity index (χ4v) is 6.08. The molecule has 0 bridgehead atoms. The van der Waals surface area contributed by atoms with Gasteiger partial charge in [0.15, 0.2) is 0 Å². The quantitative estimate of drug-likeness (QED) is 0.297. The maximum Gasteiger partial charge on any atom is 0.264 e. The Hall–Kier alpha value is -3.65. The Kier molecular flexibility index (Phi) is 11.3. The lowest BCUT2D eigenvalue weighted by Crippen LogP contribution is -2.53. The summed E-state index contributed by atoms with van der Waals surface area (Å²) in [6.07, 6.45) is 1.54. The van der Waals surface area contributed by atoms with Crippen molar-refractivity contribution in [2.24, 2.45) is 5.92 Å². The third kappa shape index (κ3) is 7.94.